The minimum Gasteiger partial charge on any atom is -0.489 e. The van der Waals surface area contributed by atoms with Crippen LogP contribution in [0.2, 0.25) is 0 Å². The molecular weight excluding hydrogens is 364 g/mol. The maximum atomic E-state index is 12.6. The zero-order valence-corrected chi connectivity index (χ0v) is 17.3. The van der Waals surface area contributed by atoms with Gasteiger partial charge in [0.05, 0.1) is 5.92 Å². The van der Waals surface area contributed by atoms with E-state index in [1.165, 1.54) is 0 Å². The molecule has 2 aromatic carbocycles. The highest BCUT2D eigenvalue weighted by Crippen LogP contribution is 2.19. The molecular formula is C24H30N2O3. The van der Waals surface area contributed by atoms with Gasteiger partial charge in [-0.2, -0.15) is 0 Å². The molecule has 1 heterocycles. The highest BCUT2D eigenvalue weighted by Gasteiger charge is 2.29. The Hall–Kier alpha value is -2.82. The van der Waals surface area contributed by atoms with Gasteiger partial charge in [0.15, 0.2) is 0 Å². The lowest BCUT2D eigenvalue weighted by atomic mass is 9.96. The van der Waals surface area contributed by atoms with Crippen LogP contribution >= 0.6 is 0 Å². The Bertz CT molecular complexity index is 820. The summed E-state index contributed by atoms with van der Waals surface area (Å²) in [5.41, 5.74) is 2.11. The van der Waals surface area contributed by atoms with E-state index in [9.17, 15) is 9.59 Å². The van der Waals surface area contributed by atoms with Crippen molar-refractivity contribution in [3.05, 3.63) is 65.7 Å². The molecule has 1 aliphatic rings. The molecule has 0 radical (unpaired) electrons. The number of hydrogen-bond donors (Lipinski definition) is 1. The van der Waals surface area contributed by atoms with Crippen LogP contribution in [0, 0.1) is 11.8 Å². The van der Waals surface area contributed by atoms with E-state index in [-0.39, 0.29) is 23.7 Å². The van der Waals surface area contributed by atoms with Crippen LogP contribution < -0.4 is 10.1 Å². The lowest BCUT2D eigenvalue weighted by Crippen LogP contribution is -2.46. The topological polar surface area (TPSA) is 58.6 Å². The average Bonchev–Trinajstić information content (AvgIpc) is 2.76. The van der Waals surface area contributed by atoms with E-state index < -0.39 is 0 Å². The molecule has 2 aromatic rings. The molecule has 5 heteroatoms. The summed E-state index contributed by atoms with van der Waals surface area (Å²) in [7, 11) is 0. The van der Waals surface area contributed by atoms with Crippen LogP contribution in [0.15, 0.2) is 54.6 Å². The molecule has 0 saturated carbocycles. The summed E-state index contributed by atoms with van der Waals surface area (Å²) in [6, 6.07) is 17.8. The van der Waals surface area contributed by atoms with Gasteiger partial charge in [0.2, 0.25) is 11.8 Å². The second kappa shape index (κ2) is 10.1. The molecule has 0 spiro atoms. The largest absolute Gasteiger partial charge is 0.489 e. The summed E-state index contributed by atoms with van der Waals surface area (Å²) in [5, 5.41) is 3.03. The first-order valence-corrected chi connectivity index (χ1v) is 10.3. The highest BCUT2D eigenvalue weighted by atomic mass is 16.5. The number of piperidine rings is 1. The number of hydrogen-bond acceptors (Lipinski definition) is 3. The van der Waals surface area contributed by atoms with Gasteiger partial charge < -0.3 is 15.0 Å². The Labute approximate surface area is 173 Å². The number of amides is 2. The molecule has 0 unspecified atom stereocenters. The SMILES string of the molecule is CC(C)C(=O)N1CCC[C@@H](C(=O)NCc2cccc(OCc3ccccc3)c2)C1. The molecule has 154 valence electrons. The number of rotatable bonds is 7. The summed E-state index contributed by atoms with van der Waals surface area (Å²) in [6.45, 7) is 6.04. The molecule has 1 aliphatic heterocycles. The van der Waals surface area contributed by atoms with Gasteiger partial charge in [-0.05, 0) is 36.1 Å². The van der Waals surface area contributed by atoms with Crippen LogP contribution in [-0.2, 0) is 22.7 Å². The second-order valence-electron chi connectivity index (χ2n) is 7.92. The van der Waals surface area contributed by atoms with E-state index in [0.717, 1.165) is 36.3 Å². The summed E-state index contributed by atoms with van der Waals surface area (Å²) < 4.78 is 5.86. The lowest BCUT2D eigenvalue weighted by molar-refractivity contribution is -0.138. The summed E-state index contributed by atoms with van der Waals surface area (Å²) in [5.74, 6) is 0.763. The molecule has 1 N–H and O–H groups in total. The smallest absolute Gasteiger partial charge is 0.225 e. The van der Waals surface area contributed by atoms with Gasteiger partial charge in [0.1, 0.15) is 12.4 Å². The first-order valence-electron chi connectivity index (χ1n) is 10.3. The van der Waals surface area contributed by atoms with Crippen LogP contribution in [-0.4, -0.2) is 29.8 Å². The fourth-order valence-electron chi connectivity index (χ4n) is 3.58. The third-order valence-corrected chi connectivity index (χ3v) is 5.21. The monoisotopic (exact) mass is 394 g/mol. The third-order valence-electron chi connectivity index (χ3n) is 5.21. The number of nitrogens with one attached hydrogen (secondary N) is 1. The zero-order valence-electron chi connectivity index (χ0n) is 17.3. The van der Waals surface area contributed by atoms with Gasteiger partial charge in [0.25, 0.3) is 0 Å². The molecule has 5 nitrogen and oxygen atoms in total. The van der Waals surface area contributed by atoms with Crippen molar-refractivity contribution in [3.63, 3.8) is 0 Å². The van der Waals surface area contributed by atoms with Crippen molar-refractivity contribution < 1.29 is 14.3 Å². The molecule has 0 bridgehead atoms. The van der Waals surface area contributed by atoms with Crippen LogP contribution in [0.1, 0.15) is 37.8 Å². The van der Waals surface area contributed by atoms with Crippen molar-refractivity contribution in [2.75, 3.05) is 13.1 Å². The molecule has 1 atom stereocenters. The summed E-state index contributed by atoms with van der Waals surface area (Å²) >= 11 is 0. The molecule has 2 amide bonds. The lowest BCUT2D eigenvalue weighted by Gasteiger charge is -2.33. The van der Waals surface area contributed by atoms with Crippen LogP contribution in [0.4, 0.5) is 0 Å². The van der Waals surface area contributed by atoms with Gasteiger partial charge in [0, 0.05) is 25.6 Å². The van der Waals surface area contributed by atoms with E-state index in [1.807, 2.05) is 73.3 Å². The van der Waals surface area contributed by atoms with Gasteiger partial charge in [-0.3, -0.25) is 9.59 Å². The van der Waals surface area contributed by atoms with E-state index in [4.69, 9.17) is 4.74 Å². The Morgan fingerprint density at radius 3 is 2.62 bits per heavy atom. The van der Waals surface area contributed by atoms with Crippen molar-refractivity contribution in [1.29, 1.82) is 0 Å². The Balaban J connectivity index is 1.50. The number of likely N-dealkylation sites (tertiary alicyclic amines) is 1. The van der Waals surface area contributed by atoms with E-state index in [0.29, 0.717) is 19.7 Å². The van der Waals surface area contributed by atoms with Crippen LogP contribution in [0.5, 0.6) is 5.75 Å². The predicted molar refractivity (Wildman–Crippen MR) is 113 cm³/mol. The van der Waals surface area contributed by atoms with Gasteiger partial charge >= 0.3 is 0 Å². The van der Waals surface area contributed by atoms with E-state index in [1.54, 1.807) is 0 Å². The number of carbonyl (C=O) groups is 2. The molecule has 3 rings (SSSR count). The summed E-state index contributed by atoms with van der Waals surface area (Å²) in [6.07, 6.45) is 1.70. The number of nitrogens with zero attached hydrogens (tertiary/aromatic N) is 1. The first kappa shape index (κ1) is 20.9. The molecule has 29 heavy (non-hydrogen) atoms. The van der Waals surface area contributed by atoms with Crippen molar-refractivity contribution in [3.8, 4) is 5.75 Å². The Morgan fingerprint density at radius 2 is 1.86 bits per heavy atom. The normalized spacial score (nSPS) is 16.5. The Kier molecular flexibility index (Phi) is 7.28. The molecule has 1 saturated heterocycles. The minimum absolute atomic E-state index is 0.0156. The van der Waals surface area contributed by atoms with Crippen molar-refractivity contribution in [2.24, 2.45) is 11.8 Å². The van der Waals surface area contributed by atoms with Gasteiger partial charge in [-0.15, -0.1) is 0 Å². The van der Waals surface area contributed by atoms with Crippen molar-refractivity contribution in [2.45, 2.75) is 39.8 Å². The number of carbonyl (C=O) groups excluding carboxylic acids is 2. The standard InChI is InChI=1S/C24H30N2O3/c1-18(2)24(28)26-13-7-11-21(16-26)23(27)25-15-20-10-6-12-22(14-20)29-17-19-8-4-3-5-9-19/h3-6,8-10,12,14,18,21H,7,11,13,15-17H2,1-2H3,(H,25,27)/t21-/m1/s1. The molecule has 1 fully saturated rings. The highest BCUT2D eigenvalue weighted by molar-refractivity contribution is 5.82. The Morgan fingerprint density at radius 1 is 1.10 bits per heavy atom. The number of ether oxygens (including phenoxy) is 1. The summed E-state index contributed by atoms with van der Waals surface area (Å²) in [4.78, 5) is 26.7. The van der Waals surface area contributed by atoms with E-state index >= 15 is 0 Å². The maximum Gasteiger partial charge on any atom is 0.225 e. The second-order valence-corrected chi connectivity index (χ2v) is 7.92. The zero-order chi connectivity index (χ0) is 20.6. The van der Waals surface area contributed by atoms with E-state index in [2.05, 4.69) is 5.32 Å². The third kappa shape index (κ3) is 6.08. The van der Waals surface area contributed by atoms with Crippen molar-refractivity contribution in [1.82, 2.24) is 10.2 Å². The average molecular weight is 395 g/mol. The predicted octanol–water partition coefficient (Wildman–Crippen LogP) is 3.78. The fourth-order valence-corrected chi connectivity index (χ4v) is 3.58. The van der Waals surface area contributed by atoms with Crippen molar-refractivity contribution >= 4 is 11.8 Å². The van der Waals surface area contributed by atoms with Crippen LogP contribution in [0.3, 0.4) is 0 Å². The molecule has 0 aromatic heterocycles. The van der Waals surface area contributed by atoms with Crippen LogP contribution in [0.25, 0.3) is 0 Å². The van der Waals surface area contributed by atoms with Gasteiger partial charge in [-0.1, -0.05) is 56.3 Å². The maximum absolute atomic E-state index is 12.6. The molecule has 0 aliphatic carbocycles. The van der Waals surface area contributed by atoms with Gasteiger partial charge in [-0.25, -0.2) is 0 Å². The quantitative estimate of drug-likeness (QED) is 0.778. The number of benzene rings is 2. The minimum atomic E-state index is -0.135. The fraction of sp³-hybridized carbons (Fsp3) is 0.417. The first-order chi connectivity index (χ1) is 14.0.